The number of rotatable bonds is 5. The normalized spacial score (nSPS) is 14.5. The van der Waals surface area contributed by atoms with E-state index in [0.29, 0.717) is 25.2 Å². The van der Waals surface area contributed by atoms with Gasteiger partial charge in [-0.05, 0) is 23.8 Å². The molecule has 4 rings (SSSR count). The zero-order valence-electron chi connectivity index (χ0n) is 15.2. The molecule has 0 saturated carbocycles. The fraction of sp³-hybridized carbons (Fsp3) is 0.250. The summed E-state index contributed by atoms with van der Waals surface area (Å²) in [6, 6.07) is 9.04. The van der Waals surface area contributed by atoms with Gasteiger partial charge in [-0.3, -0.25) is 4.79 Å². The number of hydrogen-bond donors (Lipinski definition) is 0. The molecule has 3 heterocycles. The largest absolute Gasteiger partial charge is 0.471 e. The van der Waals surface area contributed by atoms with Crippen LogP contribution in [0.4, 0.5) is 13.2 Å². The Morgan fingerprint density at radius 2 is 1.90 bits per heavy atom. The van der Waals surface area contributed by atoms with Crippen LogP contribution in [-0.4, -0.2) is 44.5 Å². The van der Waals surface area contributed by atoms with Gasteiger partial charge in [-0.15, -0.1) is 0 Å². The summed E-state index contributed by atoms with van der Waals surface area (Å²) in [6.45, 7) is 1.26. The Morgan fingerprint density at radius 3 is 2.55 bits per heavy atom. The number of hydrogen-bond acceptors (Lipinski definition) is 4. The van der Waals surface area contributed by atoms with Crippen molar-refractivity contribution in [2.45, 2.75) is 18.8 Å². The highest BCUT2D eigenvalue weighted by Crippen LogP contribution is 2.31. The van der Waals surface area contributed by atoms with Crippen molar-refractivity contribution in [3.8, 4) is 5.88 Å². The van der Waals surface area contributed by atoms with Crippen LogP contribution in [0.3, 0.4) is 0 Å². The second kappa shape index (κ2) is 7.57. The minimum atomic E-state index is -4.45. The zero-order valence-corrected chi connectivity index (χ0v) is 15.2. The lowest BCUT2D eigenvalue weighted by molar-refractivity contribution is -0.137. The maximum absolute atomic E-state index is 12.8. The molecule has 2 aromatic heterocycles. The number of imidazole rings is 1. The van der Waals surface area contributed by atoms with Gasteiger partial charge >= 0.3 is 6.18 Å². The van der Waals surface area contributed by atoms with Crippen molar-refractivity contribution in [3.63, 3.8) is 0 Å². The van der Waals surface area contributed by atoms with Crippen LogP contribution in [0, 0.1) is 0 Å². The SMILES string of the molecule is O=C(c1ccc(Cn2ccnc2)cc1)N1CC(Oc2cc(C(F)(F)F)ccn2)C1. The Labute approximate surface area is 164 Å². The molecule has 3 aromatic rings. The highest BCUT2D eigenvalue weighted by atomic mass is 19.4. The van der Waals surface area contributed by atoms with Crippen LogP contribution in [0.2, 0.25) is 0 Å². The molecule has 0 unspecified atom stereocenters. The third-order valence-electron chi connectivity index (χ3n) is 4.61. The molecule has 0 atom stereocenters. The van der Waals surface area contributed by atoms with Crippen LogP contribution in [0.1, 0.15) is 21.5 Å². The number of nitrogens with zero attached hydrogens (tertiary/aromatic N) is 4. The van der Waals surface area contributed by atoms with Gasteiger partial charge in [-0.25, -0.2) is 9.97 Å². The summed E-state index contributed by atoms with van der Waals surface area (Å²) in [5.74, 6) is -0.239. The molecule has 9 heteroatoms. The number of benzene rings is 1. The van der Waals surface area contributed by atoms with E-state index < -0.39 is 11.7 Å². The highest BCUT2D eigenvalue weighted by Gasteiger charge is 2.34. The standard InChI is InChI=1S/C20H17F3N4O2/c21-20(22,23)16-5-6-25-18(9-16)29-17-11-27(12-17)19(28)15-3-1-14(2-4-15)10-26-8-7-24-13-26/h1-9,13,17H,10-12H2. The fourth-order valence-corrected chi connectivity index (χ4v) is 3.03. The molecule has 0 bridgehead atoms. The number of aromatic nitrogens is 3. The third-order valence-corrected chi connectivity index (χ3v) is 4.61. The van der Waals surface area contributed by atoms with Gasteiger partial charge in [0, 0.05) is 36.8 Å². The summed E-state index contributed by atoms with van der Waals surface area (Å²) in [5, 5.41) is 0. The topological polar surface area (TPSA) is 60.2 Å². The van der Waals surface area contributed by atoms with E-state index in [4.69, 9.17) is 4.74 Å². The lowest BCUT2D eigenvalue weighted by Crippen LogP contribution is -2.56. The molecule has 1 aliphatic heterocycles. The van der Waals surface area contributed by atoms with Crippen LogP contribution in [0.25, 0.3) is 0 Å². The van der Waals surface area contributed by atoms with E-state index in [1.165, 1.54) is 0 Å². The number of likely N-dealkylation sites (tertiary alicyclic amines) is 1. The van der Waals surface area contributed by atoms with E-state index in [2.05, 4.69) is 9.97 Å². The molecule has 150 valence electrons. The molecule has 0 aliphatic carbocycles. The van der Waals surface area contributed by atoms with Gasteiger partial charge in [0.05, 0.1) is 25.0 Å². The number of halogens is 3. The van der Waals surface area contributed by atoms with Crippen molar-refractivity contribution in [3.05, 3.63) is 78.0 Å². The number of ether oxygens (including phenoxy) is 1. The first-order chi connectivity index (χ1) is 13.9. The monoisotopic (exact) mass is 402 g/mol. The van der Waals surface area contributed by atoms with Crippen LogP contribution in [0.5, 0.6) is 5.88 Å². The Balaban J connectivity index is 1.31. The smallest absolute Gasteiger partial charge is 0.416 e. The average molecular weight is 402 g/mol. The second-order valence-corrected chi connectivity index (χ2v) is 6.76. The molecule has 1 amide bonds. The maximum Gasteiger partial charge on any atom is 0.416 e. The van der Waals surface area contributed by atoms with E-state index in [-0.39, 0.29) is 17.9 Å². The molecule has 1 saturated heterocycles. The maximum atomic E-state index is 12.8. The Hall–Kier alpha value is -3.36. The van der Waals surface area contributed by atoms with Crippen molar-refractivity contribution in [2.75, 3.05) is 13.1 Å². The lowest BCUT2D eigenvalue weighted by atomic mass is 10.1. The van der Waals surface area contributed by atoms with Gasteiger partial charge in [0.1, 0.15) is 6.10 Å². The first kappa shape index (κ1) is 19.0. The number of amides is 1. The summed E-state index contributed by atoms with van der Waals surface area (Å²) in [4.78, 5) is 21.9. The number of carbonyl (C=O) groups excluding carboxylic acids is 1. The van der Waals surface area contributed by atoms with Crippen molar-refractivity contribution in [2.24, 2.45) is 0 Å². The summed E-state index contributed by atoms with van der Waals surface area (Å²) >= 11 is 0. The Kier molecular flexibility index (Phi) is 4.96. The van der Waals surface area contributed by atoms with Gasteiger partial charge in [0.25, 0.3) is 5.91 Å². The first-order valence-corrected chi connectivity index (χ1v) is 8.92. The average Bonchev–Trinajstić information content (AvgIpc) is 3.17. The number of alkyl halides is 3. The van der Waals surface area contributed by atoms with Crippen LogP contribution >= 0.6 is 0 Å². The second-order valence-electron chi connectivity index (χ2n) is 6.76. The van der Waals surface area contributed by atoms with E-state index in [9.17, 15) is 18.0 Å². The Bertz CT molecular complexity index is 982. The number of carbonyl (C=O) groups is 1. The minimum absolute atomic E-state index is 0.0965. The lowest BCUT2D eigenvalue weighted by Gasteiger charge is -2.38. The molecular weight excluding hydrogens is 385 g/mol. The molecule has 0 spiro atoms. The quantitative estimate of drug-likeness (QED) is 0.658. The van der Waals surface area contributed by atoms with E-state index >= 15 is 0 Å². The summed E-state index contributed by atoms with van der Waals surface area (Å²) in [6.07, 6.45) is 1.51. The molecule has 0 N–H and O–H groups in total. The van der Waals surface area contributed by atoms with Crippen molar-refractivity contribution >= 4 is 5.91 Å². The Morgan fingerprint density at radius 1 is 1.14 bits per heavy atom. The van der Waals surface area contributed by atoms with E-state index in [1.807, 2.05) is 22.9 Å². The molecule has 1 fully saturated rings. The summed E-state index contributed by atoms with van der Waals surface area (Å²) in [7, 11) is 0. The van der Waals surface area contributed by atoms with E-state index in [0.717, 1.165) is 23.9 Å². The van der Waals surface area contributed by atoms with Crippen LogP contribution in [0.15, 0.2) is 61.3 Å². The van der Waals surface area contributed by atoms with Gasteiger partial charge in [0.2, 0.25) is 5.88 Å². The van der Waals surface area contributed by atoms with Gasteiger partial charge < -0.3 is 14.2 Å². The minimum Gasteiger partial charge on any atom is -0.471 e. The fourth-order valence-electron chi connectivity index (χ4n) is 3.03. The molecule has 6 nitrogen and oxygen atoms in total. The molecule has 1 aromatic carbocycles. The van der Waals surface area contributed by atoms with Crippen LogP contribution in [-0.2, 0) is 12.7 Å². The van der Waals surface area contributed by atoms with Gasteiger partial charge in [-0.2, -0.15) is 13.2 Å². The zero-order chi connectivity index (χ0) is 20.4. The van der Waals surface area contributed by atoms with E-state index in [1.54, 1.807) is 29.6 Å². The van der Waals surface area contributed by atoms with Crippen molar-refractivity contribution in [1.29, 1.82) is 0 Å². The predicted octanol–water partition coefficient (Wildman–Crippen LogP) is 3.25. The molecule has 1 aliphatic rings. The molecule has 29 heavy (non-hydrogen) atoms. The van der Waals surface area contributed by atoms with Crippen molar-refractivity contribution < 1.29 is 22.7 Å². The van der Waals surface area contributed by atoms with Crippen LogP contribution < -0.4 is 4.74 Å². The highest BCUT2D eigenvalue weighted by molar-refractivity contribution is 5.94. The summed E-state index contributed by atoms with van der Waals surface area (Å²) < 4.78 is 45.6. The first-order valence-electron chi connectivity index (χ1n) is 8.92. The predicted molar refractivity (Wildman–Crippen MR) is 97.3 cm³/mol. The van der Waals surface area contributed by atoms with Crippen molar-refractivity contribution in [1.82, 2.24) is 19.4 Å². The van der Waals surface area contributed by atoms with Gasteiger partial charge in [-0.1, -0.05) is 12.1 Å². The molecule has 0 radical (unpaired) electrons. The third kappa shape index (κ3) is 4.39. The number of pyridine rings is 1. The molecular formula is C20H17F3N4O2. The summed E-state index contributed by atoms with van der Waals surface area (Å²) in [5.41, 5.74) is 0.778. The van der Waals surface area contributed by atoms with Gasteiger partial charge in [0.15, 0.2) is 0 Å².